The van der Waals surface area contributed by atoms with Crippen LogP contribution in [0.1, 0.15) is 24.1 Å². The topological polar surface area (TPSA) is 21.3 Å². The highest BCUT2D eigenvalue weighted by atomic mass is 32.2. The number of aryl methyl sites for hydroxylation is 1. The third kappa shape index (κ3) is 3.24. The van der Waals surface area contributed by atoms with Crippen LogP contribution < -0.4 is 5.32 Å². The third-order valence-corrected chi connectivity index (χ3v) is 4.29. The summed E-state index contributed by atoms with van der Waals surface area (Å²) in [5, 5.41) is 3.39. The van der Waals surface area contributed by atoms with Gasteiger partial charge < -0.3 is 10.1 Å². The fraction of sp³-hybridized carbons (Fsp3) is 0.571. The predicted octanol–water partition coefficient (Wildman–Crippen LogP) is 2.64. The maximum absolute atomic E-state index is 5.86. The van der Waals surface area contributed by atoms with Gasteiger partial charge in [0.15, 0.2) is 0 Å². The van der Waals surface area contributed by atoms with Crippen LogP contribution in [-0.4, -0.2) is 31.3 Å². The molecule has 2 nitrogen and oxygen atoms in total. The minimum absolute atomic E-state index is 0.297. The Morgan fingerprint density at radius 2 is 2.18 bits per heavy atom. The summed E-state index contributed by atoms with van der Waals surface area (Å²) >= 11 is 1.98. The lowest BCUT2D eigenvalue weighted by molar-refractivity contribution is 0.0488. The van der Waals surface area contributed by atoms with Crippen LogP contribution in [0.5, 0.6) is 0 Å². The monoisotopic (exact) mass is 251 g/mol. The van der Waals surface area contributed by atoms with Crippen molar-refractivity contribution < 1.29 is 4.74 Å². The maximum atomic E-state index is 5.86. The van der Waals surface area contributed by atoms with E-state index in [4.69, 9.17) is 4.74 Å². The minimum atomic E-state index is 0.297. The Hall–Kier alpha value is -0.510. The van der Waals surface area contributed by atoms with Crippen molar-refractivity contribution in [1.29, 1.82) is 0 Å². The second-order valence-corrected chi connectivity index (χ2v) is 5.50. The molecule has 3 heteroatoms. The molecule has 0 spiro atoms. The average molecular weight is 251 g/mol. The van der Waals surface area contributed by atoms with Gasteiger partial charge in [0.1, 0.15) is 0 Å². The molecule has 1 aromatic carbocycles. The van der Waals surface area contributed by atoms with Crippen molar-refractivity contribution in [2.24, 2.45) is 0 Å². The lowest BCUT2D eigenvalue weighted by Crippen LogP contribution is -2.36. The van der Waals surface area contributed by atoms with Crippen LogP contribution >= 0.6 is 11.8 Å². The number of hydrogen-bond donors (Lipinski definition) is 1. The summed E-state index contributed by atoms with van der Waals surface area (Å²) in [6.07, 6.45) is 1.39. The molecule has 1 saturated heterocycles. The van der Waals surface area contributed by atoms with Gasteiger partial charge in [-0.15, -0.1) is 0 Å². The first-order chi connectivity index (χ1) is 8.35. The van der Waals surface area contributed by atoms with E-state index >= 15 is 0 Å². The number of ether oxygens (including phenoxy) is 1. The van der Waals surface area contributed by atoms with Crippen molar-refractivity contribution in [3.05, 3.63) is 35.4 Å². The first kappa shape index (κ1) is 12.9. The smallest absolute Gasteiger partial charge is 0.0860 e. The van der Waals surface area contributed by atoms with Crippen LogP contribution in [0, 0.1) is 0 Å². The number of likely N-dealkylation sites (N-methyl/N-ethyl adjacent to an activating group) is 1. The van der Waals surface area contributed by atoms with E-state index in [0.717, 1.165) is 24.5 Å². The van der Waals surface area contributed by atoms with Crippen LogP contribution in [0.2, 0.25) is 0 Å². The first-order valence-corrected chi connectivity index (χ1v) is 7.46. The van der Waals surface area contributed by atoms with E-state index in [1.54, 1.807) is 0 Å². The van der Waals surface area contributed by atoms with Crippen LogP contribution in [0.4, 0.5) is 0 Å². The molecule has 0 aromatic heterocycles. The zero-order valence-electron chi connectivity index (χ0n) is 10.6. The van der Waals surface area contributed by atoms with Crippen LogP contribution in [0.15, 0.2) is 24.3 Å². The van der Waals surface area contributed by atoms with Crippen molar-refractivity contribution in [1.82, 2.24) is 5.32 Å². The zero-order chi connectivity index (χ0) is 12.1. The normalized spacial score (nSPS) is 22.4. The van der Waals surface area contributed by atoms with Gasteiger partial charge in [0, 0.05) is 11.5 Å². The highest BCUT2D eigenvalue weighted by Gasteiger charge is 2.24. The summed E-state index contributed by atoms with van der Waals surface area (Å²) < 4.78 is 5.86. The number of thioether (sulfide) groups is 1. The summed E-state index contributed by atoms with van der Waals surface area (Å²) in [4.78, 5) is 0. The van der Waals surface area contributed by atoms with Crippen molar-refractivity contribution in [2.75, 3.05) is 25.2 Å². The molecule has 0 saturated carbocycles. The molecule has 1 fully saturated rings. The number of benzene rings is 1. The van der Waals surface area contributed by atoms with E-state index in [0.29, 0.717) is 12.1 Å². The summed E-state index contributed by atoms with van der Waals surface area (Å²) in [6, 6.07) is 9.20. The predicted molar refractivity (Wildman–Crippen MR) is 74.7 cm³/mol. The summed E-state index contributed by atoms with van der Waals surface area (Å²) in [6.45, 7) is 3.06. The van der Waals surface area contributed by atoms with Gasteiger partial charge in [-0.1, -0.05) is 31.2 Å². The molecule has 0 bridgehead atoms. The quantitative estimate of drug-likeness (QED) is 0.889. The lowest BCUT2D eigenvalue weighted by Gasteiger charge is -2.30. The lowest BCUT2D eigenvalue weighted by atomic mass is 10.00. The fourth-order valence-electron chi connectivity index (χ4n) is 2.23. The SMILES string of the molecule is CCc1ccc(C(NC)C2CSCCO2)cc1. The largest absolute Gasteiger partial charge is 0.375 e. The van der Waals surface area contributed by atoms with Crippen molar-refractivity contribution in [3.8, 4) is 0 Å². The first-order valence-electron chi connectivity index (χ1n) is 6.30. The Labute approximate surface area is 108 Å². The molecule has 17 heavy (non-hydrogen) atoms. The van der Waals surface area contributed by atoms with E-state index in [9.17, 15) is 0 Å². The van der Waals surface area contributed by atoms with E-state index in [1.807, 2.05) is 18.8 Å². The summed E-state index contributed by atoms with van der Waals surface area (Å²) in [5.41, 5.74) is 2.72. The van der Waals surface area contributed by atoms with Crippen LogP contribution in [0.3, 0.4) is 0 Å². The van der Waals surface area contributed by atoms with E-state index in [1.165, 1.54) is 11.1 Å². The second kappa shape index (κ2) is 6.43. The molecule has 2 rings (SSSR count). The molecule has 1 heterocycles. The van der Waals surface area contributed by atoms with Gasteiger partial charge >= 0.3 is 0 Å². The molecule has 2 atom stereocenters. The molecule has 94 valence electrons. The van der Waals surface area contributed by atoms with Gasteiger partial charge in [-0.25, -0.2) is 0 Å². The highest BCUT2D eigenvalue weighted by molar-refractivity contribution is 7.99. The Kier molecular flexibility index (Phi) is 4.89. The molecule has 1 aromatic rings. The molecular weight excluding hydrogens is 230 g/mol. The number of rotatable bonds is 4. The van der Waals surface area contributed by atoms with Crippen molar-refractivity contribution in [2.45, 2.75) is 25.5 Å². The average Bonchev–Trinajstić information content (AvgIpc) is 2.42. The molecule has 1 aliphatic heterocycles. The fourth-order valence-corrected chi connectivity index (χ4v) is 3.13. The van der Waals surface area contributed by atoms with Crippen molar-refractivity contribution in [3.63, 3.8) is 0 Å². The Balaban J connectivity index is 2.10. The minimum Gasteiger partial charge on any atom is -0.375 e. The van der Waals surface area contributed by atoms with Crippen LogP contribution in [0.25, 0.3) is 0 Å². The molecule has 1 N–H and O–H groups in total. The number of hydrogen-bond acceptors (Lipinski definition) is 3. The molecular formula is C14H21NOS. The molecule has 0 aliphatic carbocycles. The van der Waals surface area contributed by atoms with Crippen LogP contribution in [-0.2, 0) is 11.2 Å². The summed E-state index contributed by atoms with van der Waals surface area (Å²) in [5.74, 6) is 2.21. The standard InChI is InChI=1S/C14H21NOS/c1-3-11-4-6-12(7-5-11)14(15-2)13-10-17-9-8-16-13/h4-7,13-15H,3,8-10H2,1-2H3. The van der Waals surface area contributed by atoms with E-state index < -0.39 is 0 Å². The van der Waals surface area contributed by atoms with E-state index in [-0.39, 0.29) is 0 Å². The van der Waals surface area contributed by atoms with Gasteiger partial charge in [-0.3, -0.25) is 0 Å². The second-order valence-electron chi connectivity index (χ2n) is 4.35. The Bertz CT molecular complexity index is 333. The van der Waals surface area contributed by atoms with Gasteiger partial charge in [0.25, 0.3) is 0 Å². The van der Waals surface area contributed by atoms with E-state index in [2.05, 4.69) is 36.5 Å². The van der Waals surface area contributed by atoms with Crippen molar-refractivity contribution >= 4 is 11.8 Å². The molecule has 0 amide bonds. The molecule has 2 unspecified atom stereocenters. The zero-order valence-corrected chi connectivity index (χ0v) is 11.4. The van der Waals surface area contributed by atoms with Gasteiger partial charge in [0.05, 0.1) is 18.8 Å². The molecule has 1 aliphatic rings. The maximum Gasteiger partial charge on any atom is 0.0860 e. The molecule has 0 radical (unpaired) electrons. The number of nitrogens with one attached hydrogen (secondary N) is 1. The Morgan fingerprint density at radius 3 is 2.71 bits per heavy atom. The van der Waals surface area contributed by atoms with Gasteiger partial charge in [-0.05, 0) is 24.6 Å². The van der Waals surface area contributed by atoms with Gasteiger partial charge in [0.2, 0.25) is 0 Å². The highest BCUT2D eigenvalue weighted by Crippen LogP contribution is 2.25. The van der Waals surface area contributed by atoms with Gasteiger partial charge in [-0.2, -0.15) is 11.8 Å². The third-order valence-electron chi connectivity index (χ3n) is 3.27. The Morgan fingerprint density at radius 1 is 1.41 bits per heavy atom. The summed E-state index contributed by atoms with van der Waals surface area (Å²) in [7, 11) is 2.01.